The van der Waals surface area contributed by atoms with E-state index in [0.29, 0.717) is 43.3 Å². The maximum Gasteiger partial charge on any atom is 0.255 e. The van der Waals surface area contributed by atoms with E-state index >= 15 is 0 Å². The number of halogens is 1. The van der Waals surface area contributed by atoms with Gasteiger partial charge in [-0.05, 0) is 30.5 Å². The molecule has 0 aliphatic carbocycles. The molecule has 0 radical (unpaired) electrons. The predicted molar refractivity (Wildman–Crippen MR) is 105 cm³/mol. The number of hydrogen-bond acceptors (Lipinski definition) is 4. The number of amides is 2. The molecule has 1 aliphatic heterocycles. The number of carbonyl (C=O) groups excluding carboxylic acids is 2. The quantitative estimate of drug-likeness (QED) is 0.852. The highest BCUT2D eigenvalue weighted by atomic mass is 35.5. The highest BCUT2D eigenvalue weighted by molar-refractivity contribution is 7.10. The Hall–Kier alpha value is -1.89. The third-order valence-electron chi connectivity index (χ3n) is 4.48. The molecule has 0 saturated carbocycles. The normalized spacial score (nSPS) is 16.3. The summed E-state index contributed by atoms with van der Waals surface area (Å²) in [5.41, 5.74) is 0.533. The molecule has 1 saturated heterocycles. The fraction of sp³-hybridized carbons (Fsp3) is 0.368. The number of piperazine rings is 1. The van der Waals surface area contributed by atoms with Gasteiger partial charge in [-0.2, -0.15) is 0 Å². The topological polar surface area (TPSA) is 52.7 Å². The van der Waals surface area contributed by atoms with Gasteiger partial charge in [-0.1, -0.05) is 29.8 Å². The molecule has 1 aliphatic rings. The number of rotatable bonds is 5. The fourth-order valence-corrected chi connectivity index (χ4v) is 3.96. The van der Waals surface area contributed by atoms with Gasteiger partial charge in [-0.25, -0.2) is 0 Å². The van der Waals surface area contributed by atoms with Crippen molar-refractivity contribution < 1.29 is 9.59 Å². The molecule has 5 nitrogen and oxygen atoms in total. The van der Waals surface area contributed by atoms with Crippen molar-refractivity contribution in [3.63, 3.8) is 0 Å². The summed E-state index contributed by atoms with van der Waals surface area (Å²) < 4.78 is 0. The van der Waals surface area contributed by atoms with Crippen molar-refractivity contribution in [2.45, 2.75) is 13.0 Å². The van der Waals surface area contributed by atoms with Crippen LogP contribution in [-0.4, -0.2) is 54.3 Å². The average molecular weight is 392 g/mol. The third kappa shape index (κ3) is 4.63. The maximum atomic E-state index is 12.6. The summed E-state index contributed by atoms with van der Waals surface area (Å²) in [5, 5.41) is 5.51. The molecule has 138 valence electrons. The Morgan fingerprint density at radius 1 is 1.15 bits per heavy atom. The van der Waals surface area contributed by atoms with E-state index in [4.69, 9.17) is 11.6 Å². The van der Waals surface area contributed by atoms with Crippen LogP contribution in [0.2, 0.25) is 5.02 Å². The first-order chi connectivity index (χ1) is 12.5. The van der Waals surface area contributed by atoms with Gasteiger partial charge in [0.2, 0.25) is 5.91 Å². The van der Waals surface area contributed by atoms with Crippen molar-refractivity contribution in [2.24, 2.45) is 0 Å². The van der Waals surface area contributed by atoms with Crippen molar-refractivity contribution in [2.75, 3.05) is 32.7 Å². The lowest BCUT2D eigenvalue weighted by Gasteiger charge is -2.34. The van der Waals surface area contributed by atoms with Gasteiger partial charge in [0.1, 0.15) is 0 Å². The Morgan fingerprint density at radius 3 is 2.54 bits per heavy atom. The van der Waals surface area contributed by atoms with Gasteiger partial charge in [-0.3, -0.25) is 14.5 Å². The Balaban J connectivity index is 1.47. The van der Waals surface area contributed by atoms with Crippen LogP contribution in [0.25, 0.3) is 0 Å². The minimum atomic E-state index is -0.0500. The Labute approximate surface area is 162 Å². The molecule has 1 unspecified atom stereocenters. The zero-order valence-corrected chi connectivity index (χ0v) is 16.2. The second-order valence-corrected chi connectivity index (χ2v) is 7.74. The van der Waals surface area contributed by atoms with Gasteiger partial charge >= 0.3 is 0 Å². The number of nitrogens with one attached hydrogen (secondary N) is 1. The Kier molecular flexibility index (Phi) is 6.29. The predicted octanol–water partition coefficient (Wildman–Crippen LogP) is 3.04. The van der Waals surface area contributed by atoms with E-state index in [1.165, 1.54) is 0 Å². The first kappa shape index (κ1) is 18.9. The molecular weight excluding hydrogens is 370 g/mol. The van der Waals surface area contributed by atoms with Crippen molar-refractivity contribution in [3.8, 4) is 0 Å². The van der Waals surface area contributed by atoms with Crippen LogP contribution in [0.3, 0.4) is 0 Å². The van der Waals surface area contributed by atoms with Crippen molar-refractivity contribution in [1.29, 1.82) is 0 Å². The smallest absolute Gasteiger partial charge is 0.255 e. The maximum absolute atomic E-state index is 12.6. The summed E-state index contributed by atoms with van der Waals surface area (Å²) in [5.74, 6) is -0.0391. The summed E-state index contributed by atoms with van der Waals surface area (Å²) in [4.78, 5) is 29.8. The van der Waals surface area contributed by atoms with Crippen LogP contribution in [0.5, 0.6) is 0 Å². The summed E-state index contributed by atoms with van der Waals surface area (Å²) in [6.45, 7) is 4.89. The number of thiophene rings is 1. The van der Waals surface area contributed by atoms with Gasteiger partial charge in [-0.15, -0.1) is 11.3 Å². The van der Waals surface area contributed by atoms with Crippen LogP contribution >= 0.6 is 22.9 Å². The molecule has 2 heterocycles. The van der Waals surface area contributed by atoms with E-state index in [-0.39, 0.29) is 17.9 Å². The van der Waals surface area contributed by atoms with Crippen LogP contribution in [0.15, 0.2) is 41.8 Å². The molecule has 3 rings (SSSR count). The lowest BCUT2D eigenvalue weighted by atomic mass is 10.2. The van der Waals surface area contributed by atoms with Gasteiger partial charge in [0, 0.05) is 31.1 Å². The molecule has 1 atom stereocenters. The fourth-order valence-electron chi connectivity index (χ4n) is 3.01. The minimum Gasteiger partial charge on any atom is -0.348 e. The zero-order valence-electron chi connectivity index (χ0n) is 14.7. The molecule has 0 bridgehead atoms. The first-order valence-corrected chi connectivity index (χ1v) is 9.89. The molecule has 7 heteroatoms. The lowest BCUT2D eigenvalue weighted by Crippen LogP contribution is -2.51. The van der Waals surface area contributed by atoms with Crippen LogP contribution in [0.1, 0.15) is 28.2 Å². The Morgan fingerprint density at radius 2 is 1.88 bits per heavy atom. The third-order valence-corrected chi connectivity index (χ3v) is 5.86. The van der Waals surface area contributed by atoms with E-state index in [1.807, 2.05) is 36.6 Å². The monoisotopic (exact) mass is 391 g/mol. The van der Waals surface area contributed by atoms with Crippen LogP contribution in [-0.2, 0) is 4.79 Å². The molecule has 2 amide bonds. The van der Waals surface area contributed by atoms with Crippen molar-refractivity contribution in [3.05, 3.63) is 57.2 Å². The summed E-state index contributed by atoms with van der Waals surface area (Å²) in [6, 6.07) is 11.1. The summed E-state index contributed by atoms with van der Waals surface area (Å²) in [6.07, 6.45) is 0. The first-order valence-electron chi connectivity index (χ1n) is 8.63. The number of benzene rings is 1. The number of nitrogens with zero attached hydrogens (tertiary/aromatic N) is 2. The minimum absolute atomic E-state index is 0.0109. The highest BCUT2D eigenvalue weighted by Crippen LogP contribution is 2.19. The largest absolute Gasteiger partial charge is 0.348 e. The van der Waals surface area contributed by atoms with Crippen LogP contribution in [0, 0.1) is 0 Å². The molecule has 1 aromatic heterocycles. The van der Waals surface area contributed by atoms with E-state index in [9.17, 15) is 9.59 Å². The van der Waals surface area contributed by atoms with Crippen LogP contribution < -0.4 is 5.32 Å². The van der Waals surface area contributed by atoms with E-state index in [0.717, 1.165) is 4.88 Å². The van der Waals surface area contributed by atoms with E-state index in [2.05, 4.69) is 10.2 Å². The number of carbonyl (C=O) groups is 2. The summed E-state index contributed by atoms with van der Waals surface area (Å²) in [7, 11) is 0. The molecule has 1 aromatic carbocycles. The SMILES string of the molecule is CC(NC(=O)CN1CCN(C(=O)c2ccccc2Cl)CC1)c1cccs1. The molecule has 1 fully saturated rings. The molecular formula is C19H22ClN3O2S. The number of hydrogen-bond donors (Lipinski definition) is 1. The zero-order chi connectivity index (χ0) is 18.5. The molecule has 2 aromatic rings. The van der Waals surface area contributed by atoms with E-state index in [1.54, 1.807) is 28.4 Å². The second-order valence-electron chi connectivity index (χ2n) is 6.35. The molecule has 26 heavy (non-hydrogen) atoms. The van der Waals surface area contributed by atoms with Crippen molar-refractivity contribution >= 4 is 34.8 Å². The van der Waals surface area contributed by atoms with Crippen LogP contribution in [0.4, 0.5) is 0 Å². The van der Waals surface area contributed by atoms with Crippen molar-refractivity contribution in [1.82, 2.24) is 15.1 Å². The summed E-state index contributed by atoms with van der Waals surface area (Å²) >= 11 is 7.75. The lowest BCUT2D eigenvalue weighted by molar-refractivity contribution is -0.123. The van der Waals surface area contributed by atoms with E-state index < -0.39 is 0 Å². The van der Waals surface area contributed by atoms with Gasteiger partial charge in [0.25, 0.3) is 5.91 Å². The van der Waals surface area contributed by atoms with Gasteiger partial charge in [0.05, 0.1) is 23.2 Å². The van der Waals surface area contributed by atoms with Gasteiger partial charge in [0.15, 0.2) is 0 Å². The highest BCUT2D eigenvalue weighted by Gasteiger charge is 2.24. The average Bonchev–Trinajstić information content (AvgIpc) is 3.17. The standard InChI is InChI=1S/C19H22ClN3O2S/c1-14(17-7-4-12-26-17)21-18(24)13-22-8-10-23(11-9-22)19(25)15-5-2-3-6-16(15)20/h2-7,12,14H,8-11,13H2,1H3,(H,21,24). The van der Waals surface area contributed by atoms with Gasteiger partial charge < -0.3 is 10.2 Å². The molecule has 1 N–H and O–H groups in total. The Bertz CT molecular complexity index is 758. The second kappa shape index (κ2) is 8.66. The molecule has 0 spiro atoms.